The number of benzene rings is 1. The van der Waals surface area contributed by atoms with E-state index in [0.29, 0.717) is 9.13 Å². The van der Waals surface area contributed by atoms with Crippen LogP contribution in [0.25, 0.3) is 0 Å². The van der Waals surface area contributed by atoms with Gasteiger partial charge in [-0.1, -0.05) is 0 Å². The van der Waals surface area contributed by atoms with Gasteiger partial charge in [0.1, 0.15) is 23.9 Å². The number of aliphatic hydroxyl groups is 3. The third kappa shape index (κ3) is 5.93. The Morgan fingerprint density at radius 3 is 2.08 bits per heavy atom. The van der Waals surface area contributed by atoms with E-state index in [4.69, 9.17) is 37.9 Å². The average Bonchev–Trinajstić information content (AvgIpc) is 2.87. The highest BCUT2D eigenvalue weighted by atomic mass is 127. The van der Waals surface area contributed by atoms with Gasteiger partial charge in [-0.05, 0) is 48.9 Å². The number of hydrogen-bond donors (Lipinski definition) is 3. The maximum Gasteiger partial charge on any atom is 0.342 e. The van der Waals surface area contributed by atoms with E-state index in [-0.39, 0.29) is 29.2 Å². The van der Waals surface area contributed by atoms with Crippen molar-refractivity contribution in [3.05, 3.63) is 14.7 Å². The molecule has 2 aliphatic rings. The van der Waals surface area contributed by atoms with Crippen LogP contribution in [0, 0.1) is 10.5 Å². The summed E-state index contributed by atoms with van der Waals surface area (Å²) in [6.07, 6.45) is -8.25. The van der Waals surface area contributed by atoms with Crippen LogP contribution >= 0.6 is 22.6 Å². The van der Waals surface area contributed by atoms with Crippen molar-refractivity contribution in [2.75, 3.05) is 28.4 Å². The molecule has 2 heterocycles. The van der Waals surface area contributed by atoms with E-state index in [1.54, 1.807) is 20.8 Å². The summed E-state index contributed by atoms with van der Waals surface area (Å²) in [4.78, 5) is 13.4. The molecule has 0 aromatic heterocycles. The molecule has 2 aliphatic heterocycles. The van der Waals surface area contributed by atoms with Gasteiger partial charge in [0.2, 0.25) is 12.0 Å². The van der Waals surface area contributed by atoms with Gasteiger partial charge in [0, 0.05) is 20.6 Å². The van der Waals surface area contributed by atoms with Gasteiger partial charge in [-0.3, -0.25) is 0 Å². The molecule has 13 heteroatoms. The van der Waals surface area contributed by atoms with Crippen molar-refractivity contribution in [1.29, 1.82) is 0 Å². The molecule has 9 atom stereocenters. The third-order valence-corrected chi connectivity index (χ3v) is 7.89. The highest BCUT2D eigenvalue weighted by molar-refractivity contribution is 14.1. The van der Waals surface area contributed by atoms with E-state index in [2.05, 4.69) is 0 Å². The topological polar surface area (TPSA) is 152 Å². The minimum absolute atomic E-state index is 0.0377. The molecule has 12 nitrogen and oxygen atoms in total. The Balaban J connectivity index is 1.95. The summed E-state index contributed by atoms with van der Waals surface area (Å²) in [5.74, 6) is -0.483. The Morgan fingerprint density at radius 2 is 1.54 bits per heavy atom. The van der Waals surface area contributed by atoms with E-state index < -0.39 is 61.3 Å². The molecule has 1 aromatic rings. The zero-order chi connectivity index (χ0) is 27.6. The zero-order valence-electron chi connectivity index (χ0n) is 21.8. The Kier molecular flexibility index (Phi) is 10.2. The Morgan fingerprint density at radius 1 is 0.892 bits per heavy atom. The van der Waals surface area contributed by atoms with Crippen LogP contribution in [0.5, 0.6) is 17.2 Å². The lowest BCUT2D eigenvalue weighted by molar-refractivity contribution is -0.273. The molecule has 0 radical (unpaired) electrons. The Bertz CT molecular complexity index is 946. The molecule has 0 bridgehead atoms. The van der Waals surface area contributed by atoms with Crippen LogP contribution in [0.4, 0.5) is 0 Å². The molecule has 0 aliphatic carbocycles. The fourth-order valence-corrected chi connectivity index (χ4v) is 5.15. The molecule has 37 heavy (non-hydrogen) atoms. The van der Waals surface area contributed by atoms with Crippen molar-refractivity contribution < 1.29 is 58.0 Å². The first-order valence-electron chi connectivity index (χ1n) is 11.7. The summed E-state index contributed by atoms with van der Waals surface area (Å²) in [6.45, 7) is 4.98. The van der Waals surface area contributed by atoms with E-state index in [9.17, 15) is 20.1 Å². The van der Waals surface area contributed by atoms with Gasteiger partial charge in [0.25, 0.3) is 0 Å². The molecule has 0 spiro atoms. The zero-order valence-corrected chi connectivity index (χ0v) is 24.0. The minimum Gasteiger partial charge on any atom is -0.492 e. The summed E-state index contributed by atoms with van der Waals surface area (Å²) in [5.41, 5.74) is 0.529. The van der Waals surface area contributed by atoms with Crippen LogP contribution in [0.3, 0.4) is 0 Å². The average molecular weight is 642 g/mol. The van der Waals surface area contributed by atoms with Gasteiger partial charge in [0.05, 0.1) is 36.1 Å². The lowest BCUT2D eigenvalue weighted by Gasteiger charge is -2.40. The van der Waals surface area contributed by atoms with Crippen molar-refractivity contribution in [3.8, 4) is 17.2 Å². The molecule has 0 saturated carbocycles. The minimum atomic E-state index is -1.32. The largest absolute Gasteiger partial charge is 0.492 e. The number of carbonyl (C=O) groups excluding carboxylic acids is 1. The van der Waals surface area contributed by atoms with E-state index >= 15 is 0 Å². The Hall–Kier alpha value is -1.46. The van der Waals surface area contributed by atoms with E-state index in [1.807, 2.05) is 22.6 Å². The van der Waals surface area contributed by atoms with Gasteiger partial charge in [-0.15, -0.1) is 0 Å². The number of carbonyl (C=O) groups is 1. The first-order chi connectivity index (χ1) is 17.5. The van der Waals surface area contributed by atoms with Crippen molar-refractivity contribution in [3.63, 3.8) is 0 Å². The van der Waals surface area contributed by atoms with Gasteiger partial charge in [-0.25, -0.2) is 4.79 Å². The lowest BCUT2D eigenvalue weighted by Crippen LogP contribution is -2.59. The van der Waals surface area contributed by atoms with E-state index in [0.717, 1.165) is 0 Å². The summed E-state index contributed by atoms with van der Waals surface area (Å²) in [6, 6.07) is 0. The summed E-state index contributed by atoms with van der Waals surface area (Å²) < 4.78 is 45.0. The molecule has 2 saturated heterocycles. The Labute approximate surface area is 229 Å². The fraction of sp³-hybridized carbons (Fsp3) is 0.708. The van der Waals surface area contributed by atoms with Crippen molar-refractivity contribution in [1.82, 2.24) is 0 Å². The SMILES string of the molecule is COc1c(O[C@@H]2O[C@@H](C)[C@H](O)[C@@H](OC)[C@H]2O)c(I)c(C)c(C(=O)O[C@H]2[C@@H](O)C[C@@H](OC)O[C@@H]2C)c1OC. The first kappa shape index (κ1) is 30.1. The molecule has 3 rings (SSSR count). The van der Waals surface area contributed by atoms with Crippen molar-refractivity contribution in [2.24, 2.45) is 0 Å². The number of ether oxygens (including phenoxy) is 8. The highest BCUT2D eigenvalue weighted by Crippen LogP contribution is 2.47. The van der Waals surface area contributed by atoms with Crippen molar-refractivity contribution in [2.45, 2.75) is 82.5 Å². The van der Waals surface area contributed by atoms with Crippen LogP contribution in [-0.4, -0.2) is 105 Å². The molecule has 1 aromatic carbocycles. The number of hydrogen-bond acceptors (Lipinski definition) is 12. The molecular weight excluding hydrogens is 607 g/mol. The summed E-state index contributed by atoms with van der Waals surface area (Å²) in [7, 11) is 5.58. The second kappa shape index (κ2) is 12.6. The first-order valence-corrected chi connectivity index (χ1v) is 12.8. The molecule has 3 N–H and O–H groups in total. The van der Waals surface area contributed by atoms with Gasteiger partial charge in [-0.2, -0.15) is 0 Å². The smallest absolute Gasteiger partial charge is 0.342 e. The summed E-state index contributed by atoms with van der Waals surface area (Å²) in [5, 5.41) is 31.5. The number of halogens is 1. The van der Waals surface area contributed by atoms with Gasteiger partial charge in [0.15, 0.2) is 23.9 Å². The predicted octanol–water partition coefficient (Wildman–Crippen LogP) is 1.14. The number of methoxy groups -OCH3 is 4. The summed E-state index contributed by atoms with van der Waals surface area (Å²) >= 11 is 1.98. The fourth-order valence-electron chi connectivity index (χ4n) is 4.51. The normalized spacial score (nSPS) is 34.1. The lowest BCUT2D eigenvalue weighted by atomic mass is 9.99. The standard InChI is InChI=1S/C24H35IO12/c1-9-14(23(29)36-18-11(3)34-13(30-4)8-12(18)26)19(31-5)22(33-7)20(15(9)25)37-24-17(28)21(32-6)16(27)10(2)35-24/h10-13,16-18,21,24,26-28H,8H2,1-7H3/t10-,11+,12-,13-,16-,17+,18+,21+,24-/m0/s1. The number of aliphatic hydroxyl groups excluding tert-OH is 3. The highest BCUT2D eigenvalue weighted by Gasteiger charge is 2.45. The number of esters is 1. The van der Waals surface area contributed by atoms with E-state index in [1.165, 1.54) is 28.4 Å². The molecule has 210 valence electrons. The second-order valence-electron chi connectivity index (χ2n) is 8.90. The molecule has 2 fully saturated rings. The molecule has 0 amide bonds. The maximum atomic E-state index is 13.4. The van der Waals surface area contributed by atoms with Crippen LogP contribution in [0.1, 0.15) is 36.2 Å². The van der Waals surface area contributed by atoms with Crippen LogP contribution < -0.4 is 14.2 Å². The predicted molar refractivity (Wildman–Crippen MR) is 136 cm³/mol. The van der Waals surface area contributed by atoms with Crippen LogP contribution in [0.15, 0.2) is 0 Å². The monoisotopic (exact) mass is 642 g/mol. The quantitative estimate of drug-likeness (QED) is 0.276. The second-order valence-corrected chi connectivity index (χ2v) is 9.98. The maximum absolute atomic E-state index is 13.4. The number of rotatable bonds is 8. The van der Waals surface area contributed by atoms with Crippen LogP contribution in [-0.2, 0) is 23.7 Å². The molecular formula is C24H35IO12. The molecule has 0 unspecified atom stereocenters. The van der Waals surface area contributed by atoms with Gasteiger partial charge < -0.3 is 53.2 Å². The third-order valence-electron chi connectivity index (χ3n) is 6.59. The van der Waals surface area contributed by atoms with Crippen LogP contribution in [0.2, 0.25) is 0 Å². The van der Waals surface area contributed by atoms with Gasteiger partial charge >= 0.3 is 5.97 Å². The van der Waals surface area contributed by atoms with Crippen molar-refractivity contribution >= 4 is 28.6 Å².